The number of rotatable bonds is 6. The van der Waals surface area contributed by atoms with Crippen LogP contribution < -0.4 is 4.74 Å². The summed E-state index contributed by atoms with van der Waals surface area (Å²) in [5.74, 6) is -3.93. The molecule has 1 N–H and O–H groups in total. The highest BCUT2D eigenvalue weighted by Crippen LogP contribution is 2.58. The first-order valence-corrected chi connectivity index (χ1v) is 11.7. The van der Waals surface area contributed by atoms with E-state index in [4.69, 9.17) is 4.74 Å². The van der Waals surface area contributed by atoms with E-state index in [1.807, 2.05) is 97.1 Å². The lowest BCUT2D eigenvalue weighted by Crippen LogP contribution is -2.52. The van der Waals surface area contributed by atoms with E-state index in [0.29, 0.717) is 0 Å². The second-order valence-corrected chi connectivity index (χ2v) is 8.87. The van der Waals surface area contributed by atoms with Gasteiger partial charge in [0.05, 0.1) is 17.4 Å². The van der Waals surface area contributed by atoms with Gasteiger partial charge in [-0.3, -0.25) is 9.59 Å². The van der Waals surface area contributed by atoms with Crippen LogP contribution >= 0.6 is 0 Å². The fourth-order valence-electron chi connectivity index (χ4n) is 5.21. The van der Waals surface area contributed by atoms with E-state index in [-0.39, 0.29) is 11.3 Å². The van der Waals surface area contributed by atoms with Crippen LogP contribution in [0.25, 0.3) is 11.1 Å². The third-order valence-electron chi connectivity index (χ3n) is 6.89. The van der Waals surface area contributed by atoms with Gasteiger partial charge in [-0.1, -0.05) is 97.1 Å². The number of carbonyl (C=O) groups is 2. The molecule has 1 fully saturated rings. The van der Waals surface area contributed by atoms with Crippen molar-refractivity contribution in [2.45, 2.75) is 11.8 Å². The fourth-order valence-corrected chi connectivity index (χ4v) is 5.21. The van der Waals surface area contributed by atoms with Crippen molar-refractivity contribution in [3.63, 3.8) is 0 Å². The zero-order chi connectivity index (χ0) is 25.1. The number of ether oxygens (including phenoxy) is 1. The smallest absolute Gasteiger partial charge is 0.315 e. The molecule has 0 amide bonds. The van der Waals surface area contributed by atoms with Crippen molar-refractivity contribution in [3.05, 3.63) is 126 Å². The first-order chi connectivity index (χ1) is 17.6. The molecule has 0 saturated heterocycles. The molecule has 0 aliphatic heterocycles. The Bertz CT molecular complexity index is 1380. The molecule has 36 heavy (non-hydrogen) atoms. The third kappa shape index (κ3) is 4.25. The van der Waals surface area contributed by atoms with Gasteiger partial charge in [-0.15, -0.1) is 0 Å². The van der Waals surface area contributed by atoms with Gasteiger partial charge in [-0.2, -0.15) is 5.26 Å². The molecule has 5 heteroatoms. The largest absolute Gasteiger partial charge is 0.481 e. The molecule has 0 heterocycles. The first-order valence-electron chi connectivity index (χ1n) is 11.7. The van der Waals surface area contributed by atoms with Crippen LogP contribution in [0.4, 0.5) is 0 Å². The highest BCUT2D eigenvalue weighted by atomic mass is 16.5. The maximum Gasteiger partial charge on any atom is 0.315 e. The number of aliphatic carboxylic acids is 1. The molecule has 2 unspecified atom stereocenters. The summed E-state index contributed by atoms with van der Waals surface area (Å²) < 4.78 is 5.88. The van der Waals surface area contributed by atoms with Crippen LogP contribution in [0.1, 0.15) is 28.5 Å². The lowest BCUT2D eigenvalue weighted by molar-refractivity contribution is -0.158. The molecular weight excluding hydrogens is 450 g/mol. The van der Waals surface area contributed by atoms with Gasteiger partial charge in [-0.05, 0) is 34.4 Å². The molecule has 5 nitrogen and oxygen atoms in total. The highest BCUT2D eigenvalue weighted by Gasteiger charge is 2.59. The number of nitrogens with zero attached hydrogens (tertiary/aromatic N) is 1. The van der Waals surface area contributed by atoms with Crippen LogP contribution in [0.3, 0.4) is 0 Å². The standard InChI is InChI=1S/C31H23NO4/c32-19-24-17-16-23(20-10-4-1-5-11-20)18-25(24)36-31(35)29-26(21-12-6-2-7-13-21)28(30(33)34)27(29)22-14-8-3-9-15-22/h1-18,26-29H,(H,33,34)/t26-,27?,28?,29+/m0/s1. The van der Waals surface area contributed by atoms with E-state index in [1.165, 1.54) is 0 Å². The topological polar surface area (TPSA) is 87.4 Å². The third-order valence-corrected chi connectivity index (χ3v) is 6.89. The molecule has 1 aliphatic carbocycles. The van der Waals surface area contributed by atoms with E-state index >= 15 is 0 Å². The van der Waals surface area contributed by atoms with E-state index in [9.17, 15) is 20.0 Å². The minimum Gasteiger partial charge on any atom is -0.481 e. The van der Waals surface area contributed by atoms with Gasteiger partial charge in [0.15, 0.2) is 0 Å². The molecule has 176 valence electrons. The fraction of sp³-hybridized carbons (Fsp3) is 0.129. The lowest BCUT2D eigenvalue weighted by Gasteiger charge is -2.49. The lowest BCUT2D eigenvalue weighted by atomic mass is 9.52. The molecular formula is C31H23NO4. The zero-order valence-electron chi connectivity index (χ0n) is 19.3. The number of carboxylic acids is 1. The van der Waals surface area contributed by atoms with Crippen molar-refractivity contribution in [1.82, 2.24) is 0 Å². The van der Waals surface area contributed by atoms with Crippen molar-refractivity contribution in [3.8, 4) is 22.9 Å². The second kappa shape index (κ2) is 9.89. The average molecular weight is 474 g/mol. The van der Waals surface area contributed by atoms with E-state index in [2.05, 4.69) is 6.07 Å². The minimum absolute atomic E-state index is 0.168. The Kier molecular flexibility index (Phi) is 6.34. The number of carbonyl (C=O) groups excluding carboxylic acids is 1. The van der Waals surface area contributed by atoms with Crippen molar-refractivity contribution < 1.29 is 19.4 Å². The SMILES string of the molecule is N#Cc1ccc(-c2ccccc2)cc1OC(=O)[C@H]1C(c2ccccc2)C(C(=O)O)[C@@H]1c1ccccc1. The molecule has 0 spiro atoms. The van der Waals surface area contributed by atoms with Crippen molar-refractivity contribution in [2.75, 3.05) is 0 Å². The summed E-state index contributed by atoms with van der Waals surface area (Å²) in [6.45, 7) is 0. The Hall–Kier alpha value is -4.69. The number of hydrogen-bond donors (Lipinski definition) is 1. The Balaban J connectivity index is 1.54. The van der Waals surface area contributed by atoms with E-state index in [0.717, 1.165) is 22.3 Å². The van der Waals surface area contributed by atoms with Crippen LogP contribution in [-0.4, -0.2) is 17.0 Å². The van der Waals surface area contributed by atoms with Gasteiger partial charge in [-0.25, -0.2) is 0 Å². The van der Waals surface area contributed by atoms with Crippen molar-refractivity contribution in [1.29, 1.82) is 5.26 Å². The maximum atomic E-state index is 13.7. The van der Waals surface area contributed by atoms with Crippen LogP contribution in [0.5, 0.6) is 5.75 Å². The Morgan fingerprint density at radius 3 is 1.72 bits per heavy atom. The number of hydrogen-bond acceptors (Lipinski definition) is 4. The molecule has 5 rings (SSSR count). The van der Waals surface area contributed by atoms with Gasteiger partial charge >= 0.3 is 11.9 Å². The molecule has 0 bridgehead atoms. The van der Waals surface area contributed by atoms with Gasteiger partial charge < -0.3 is 9.84 Å². The van der Waals surface area contributed by atoms with Gasteiger partial charge in [0.25, 0.3) is 0 Å². The Morgan fingerprint density at radius 2 is 1.22 bits per heavy atom. The molecule has 1 saturated carbocycles. The summed E-state index contributed by atoms with van der Waals surface area (Å²) >= 11 is 0. The predicted octanol–water partition coefficient (Wildman–Crippen LogP) is 6.03. The Labute approximate surface area is 209 Å². The van der Waals surface area contributed by atoms with Crippen LogP contribution in [0.15, 0.2) is 109 Å². The number of nitriles is 1. The zero-order valence-corrected chi connectivity index (χ0v) is 19.3. The van der Waals surface area contributed by atoms with Crippen LogP contribution in [0, 0.1) is 23.2 Å². The predicted molar refractivity (Wildman–Crippen MR) is 135 cm³/mol. The number of carboxylic acid groups (broad SMARTS) is 1. The number of benzene rings is 4. The van der Waals surface area contributed by atoms with Gasteiger partial charge in [0.2, 0.25) is 0 Å². The Morgan fingerprint density at radius 1 is 0.694 bits per heavy atom. The normalized spacial score (nSPS) is 20.5. The van der Waals surface area contributed by atoms with Crippen LogP contribution in [-0.2, 0) is 9.59 Å². The molecule has 0 aromatic heterocycles. The summed E-state index contributed by atoms with van der Waals surface area (Å²) in [4.78, 5) is 26.1. The summed E-state index contributed by atoms with van der Waals surface area (Å²) in [5, 5.41) is 19.8. The van der Waals surface area contributed by atoms with Gasteiger partial charge in [0, 0.05) is 11.8 Å². The average Bonchev–Trinajstić information content (AvgIpc) is 2.89. The molecule has 0 radical (unpaired) electrons. The minimum atomic E-state index is -0.953. The van der Waals surface area contributed by atoms with Crippen LogP contribution in [0.2, 0.25) is 0 Å². The summed E-state index contributed by atoms with van der Waals surface area (Å²) in [7, 11) is 0. The highest BCUT2D eigenvalue weighted by molar-refractivity contribution is 5.86. The van der Waals surface area contributed by atoms with Crippen molar-refractivity contribution >= 4 is 11.9 Å². The molecule has 1 aliphatic rings. The van der Waals surface area contributed by atoms with E-state index in [1.54, 1.807) is 12.1 Å². The second-order valence-electron chi connectivity index (χ2n) is 8.87. The quantitative estimate of drug-likeness (QED) is 0.273. The summed E-state index contributed by atoms with van der Waals surface area (Å²) in [6, 6.07) is 35.3. The maximum absolute atomic E-state index is 13.7. The molecule has 4 aromatic rings. The van der Waals surface area contributed by atoms with Crippen molar-refractivity contribution in [2.24, 2.45) is 11.8 Å². The molecule has 4 atom stereocenters. The first kappa shape index (κ1) is 23.1. The number of esters is 1. The van der Waals surface area contributed by atoms with Gasteiger partial charge in [0.1, 0.15) is 11.8 Å². The summed E-state index contributed by atoms with van der Waals surface area (Å²) in [6.07, 6.45) is 0. The van der Waals surface area contributed by atoms with E-state index < -0.39 is 35.6 Å². The summed E-state index contributed by atoms with van der Waals surface area (Å²) in [5.41, 5.74) is 3.53. The molecule has 4 aromatic carbocycles. The monoisotopic (exact) mass is 473 g/mol.